The lowest BCUT2D eigenvalue weighted by Gasteiger charge is -2.42. The van der Waals surface area contributed by atoms with Gasteiger partial charge in [0.15, 0.2) is 0 Å². The summed E-state index contributed by atoms with van der Waals surface area (Å²) < 4.78 is 65.9. The van der Waals surface area contributed by atoms with Gasteiger partial charge in [0, 0.05) is 66.6 Å². The Morgan fingerprint density at radius 3 is 2.49 bits per heavy atom. The molecule has 2 aromatic carbocycles. The third kappa shape index (κ3) is 5.07. The average Bonchev–Trinajstić information content (AvgIpc) is 3.19. The topological polar surface area (TPSA) is 72.0 Å². The lowest BCUT2D eigenvalue weighted by molar-refractivity contribution is -0.0869. The quantitative estimate of drug-likeness (QED) is 0.373. The van der Waals surface area contributed by atoms with Crippen LogP contribution in [0.15, 0.2) is 36.4 Å². The maximum atomic E-state index is 15.6. The number of H-pyrrole nitrogens is 1. The van der Waals surface area contributed by atoms with E-state index in [1.807, 2.05) is 24.3 Å². The fraction of sp³-hybridized carbons (Fsp3) is 0.481. The first-order chi connectivity index (χ1) is 17.7. The molecule has 6 nitrogen and oxygen atoms in total. The molecule has 0 aliphatic carbocycles. The van der Waals surface area contributed by atoms with Crippen molar-refractivity contribution in [3.63, 3.8) is 0 Å². The number of aliphatic hydroxyl groups is 2. The first-order valence-electron chi connectivity index (χ1n) is 12.5. The Bertz CT molecular complexity index is 1240. The molecule has 0 unspecified atom stereocenters. The van der Waals surface area contributed by atoms with Crippen LogP contribution in [0.3, 0.4) is 0 Å². The first kappa shape index (κ1) is 26.0. The van der Waals surface area contributed by atoms with Gasteiger partial charge in [-0.05, 0) is 31.4 Å². The van der Waals surface area contributed by atoms with Crippen molar-refractivity contribution in [2.45, 2.75) is 43.9 Å². The van der Waals surface area contributed by atoms with Crippen LogP contribution in [-0.4, -0.2) is 82.5 Å². The second-order valence-corrected chi connectivity index (χ2v) is 10.1. The summed E-state index contributed by atoms with van der Waals surface area (Å²) in [4.78, 5) is 6.66. The zero-order chi connectivity index (χ0) is 26.3. The molecule has 2 aliphatic heterocycles. The van der Waals surface area contributed by atoms with Crippen molar-refractivity contribution in [3.05, 3.63) is 64.9 Å². The van der Waals surface area contributed by atoms with Gasteiger partial charge in [0.1, 0.15) is 30.1 Å². The second kappa shape index (κ2) is 10.2. The minimum absolute atomic E-state index is 0.0403. The highest BCUT2D eigenvalue weighted by molar-refractivity contribution is 5.85. The van der Waals surface area contributed by atoms with Crippen molar-refractivity contribution in [1.82, 2.24) is 14.8 Å². The molecule has 3 N–H and O–H groups in total. The van der Waals surface area contributed by atoms with Gasteiger partial charge in [-0.15, -0.1) is 0 Å². The van der Waals surface area contributed by atoms with Crippen molar-refractivity contribution in [1.29, 1.82) is 0 Å². The Hall–Kier alpha value is -2.66. The van der Waals surface area contributed by atoms with E-state index < -0.39 is 42.8 Å². The van der Waals surface area contributed by atoms with Crippen LogP contribution in [0.25, 0.3) is 10.9 Å². The van der Waals surface area contributed by atoms with Crippen LogP contribution in [0.4, 0.5) is 17.6 Å². The average molecular weight is 522 g/mol. The monoisotopic (exact) mass is 521 g/mol. The summed E-state index contributed by atoms with van der Waals surface area (Å²) in [5.41, 5.74) is 1.74. The third-order valence-corrected chi connectivity index (χ3v) is 7.35. The number of aromatic amines is 1. The van der Waals surface area contributed by atoms with Crippen LogP contribution in [-0.2, 0) is 6.42 Å². The van der Waals surface area contributed by atoms with Crippen molar-refractivity contribution in [3.8, 4) is 5.75 Å². The van der Waals surface area contributed by atoms with E-state index in [1.54, 1.807) is 6.92 Å². The van der Waals surface area contributed by atoms with Crippen LogP contribution in [0.1, 0.15) is 36.2 Å². The normalized spacial score (nSPS) is 21.3. The number of aromatic nitrogens is 1. The number of nitrogens with zero attached hydrogens (tertiary/aromatic N) is 2. The molecular formula is C27H31F4N3O3. The van der Waals surface area contributed by atoms with Gasteiger partial charge in [-0.1, -0.05) is 18.2 Å². The second-order valence-electron chi connectivity index (χ2n) is 10.1. The fourth-order valence-electron chi connectivity index (χ4n) is 5.54. The van der Waals surface area contributed by atoms with Crippen molar-refractivity contribution < 1.29 is 32.5 Å². The molecule has 0 bridgehead atoms. The van der Waals surface area contributed by atoms with Crippen LogP contribution < -0.4 is 4.74 Å². The van der Waals surface area contributed by atoms with Gasteiger partial charge in [-0.2, -0.15) is 0 Å². The Morgan fingerprint density at radius 2 is 1.81 bits per heavy atom. The Morgan fingerprint density at radius 1 is 1.11 bits per heavy atom. The van der Waals surface area contributed by atoms with Crippen LogP contribution in [0, 0.1) is 11.6 Å². The number of benzene rings is 2. The molecule has 2 atom stereocenters. The number of likely N-dealkylation sites (tertiary alicyclic amines) is 1. The first-order valence-corrected chi connectivity index (χ1v) is 12.5. The van der Waals surface area contributed by atoms with Gasteiger partial charge >= 0.3 is 0 Å². The maximum Gasteiger partial charge on any atom is 0.283 e. The molecule has 1 aromatic heterocycles. The number of rotatable bonds is 9. The molecule has 200 valence electrons. The number of ether oxygens (including phenoxy) is 1. The number of halogens is 4. The summed E-state index contributed by atoms with van der Waals surface area (Å²) in [6.45, 7) is 1.53. The summed E-state index contributed by atoms with van der Waals surface area (Å²) in [7, 11) is 0. The lowest BCUT2D eigenvalue weighted by Crippen LogP contribution is -2.54. The zero-order valence-corrected chi connectivity index (χ0v) is 20.6. The zero-order valence-electron chi connectivity index (χ0n) is 20.6. The summed E-state index contributed by atoms with van der Waals surface area (Å²) in [6.07, 6.45) is 0.834. The van der Waals surface area contributed by atoms with E-state index in [1.165, 1.54) is 4.90 Å². The lowest BCUT2D eigenvalue weighted by atomic mass is 9.87. The number of alkyl halides is 2. The molecule has 3 aromatic rings. The highest BCUT2D eigenvalue weighted by Gasteiger charge is 2.43. The van der Waals surface area contributed by atoms with Gasteiger partial charge in [-0.3, -0.25) is 9.80 Å². The van der Waals surface area contributed by atoms with Crippen LogP contribution in [0.2, 0.25) is 0 Å². The number of hydrogen-bond acceptors (Lipinski definition) is 5. The van der Waals surface area contributed by atoms with Gasteiger partial charge in [0.2, 0.25) is 0 Å². The molecule has 0 saturated carbocycles. The molecule has 5 rings (SSSR count). The van der Waals surface area contributed by atoms with E-state index in [-0.39, 0.29) is 24.0 Å². The molecular weight excluding hydrogens is 490 g/mol. The molecule has 0 amide bonds. The number of fused-ring (bicyclic) bond motifs is 3. The summed E-state index contributed by atoms with van der Waals surface area (Å²) >= 11 is 0. The van der Waals surface area contributed by atoms with E-state index in [9.17, 15) is 13.9 Å². The van der Waals surface area contributed by atoms with E-state index in [4.69, 9.17) is 9.84 Å². The van der Waals surface area contributed by atoms with E-state index in [2.05, 4.69) is 9.88 Å². The van der Waals surface area contributed by atoms with Gasteiger partial charge in [0.25, 0.3) is 5.92 Å². The minimum atomic E-state index is -3.45. The predicted octanol–water partition coefficient (Wildman–Crippen LogP) is 3.86. The van der Waals surface area contributed by atoms with E-state index in [0.717, 1.165) is 35.1 Å². The predicted molar refractivity (Wildman–Crippen MR) is 131 cm³/mol. The third-order valence-electron chi connectivity index (χ3n) is 7.35. The summed E-state index contributed by atoms with van der Waals surface area (Å²) in [5.74, 6) is -5.17. The number of para-hydroxylation sites is 1. The summed E-state index contributed by atoms with van der Waals surface area (Å²) in [6, 6.07) is 8.05. The van der Waals surface area contributed by atoms with Gasteiger partial charge < -0.3 is 19.9 Å². The minimum Gasteiger partial charge on any atom is -0.488 e. The molecule has 37 heavy (non-hydrogen) atoms. The molecule has 2 aliphatic rings. The fourth-order valence-corrected chi connectivity index (χ4v) is 5.54. The molecule has 3 heterocycles. The molecule has 1 saturated heterocycles. The molecule has 1 fully saturated rings. The van der Waals surface area contributed by atoms with Crippen molar-refractivity contribution >= 4 is 10.9 Å². The number of nitrogens with one attached hydrogen (secondary N) is 1. The molecule has 0 radical (unpaired) electrons. The van der Waals surface area contributed by atoms with E-state index >= 15 is 8.78 Å². The van der Waals surface area contributed by atoms with E-state index in [0.29, 0.717) is 31.6 Å². The van der Waals surface area contributed by atoms with Gasteiger partial charge in [0.05, 0.1) is 12.6 Å². The van der Waals surface area contributed by atoms with Crippen molar-refractivity contribution in [2.24, 2.45) is 0 Å². The standard InChI is InChI=1S/C27H31F4N3O3/c1-16-9-20-19-5-2-3-6-23(19)32-25(20)26(34(16)14-27(30,31)15-36)24-21(28)10-17(11-22(24)29)37-18-12-33(13-18)7-4-8-35/h2-3,5-6,10-11,16,18,26,32,35-36H,4,7-9,12-15H2,1H3/t16-,26-/m1/s1. The SMILES string of the molecule is C[C@@H]1Cc2c([nH]c3ccccc23)[C@@H](c2c(F)cc(OC3CN(CCCO)C3)cc2F)N1CC(F)(F)CO. The van der Waals surface area contributed by atoms with Crippen molar-refractivity contribution in [2.75, 3.05) is 39.4 Å². The number of aliphatic hydroxyl groups excluding tert-OH is 2. The highest BCUT2D eigenvalue weighted by atomic mass is 19.3. The smallest absolute Gasteiger partial charge is 0.283 e. The molecule has 10 heteroatoms. The van der Waals surface area contributed by atoms with Crippen LogP contribution in [0.5, 0.6) is 5.75 Å². The Labute approximate surface area is 212 Å². The number of hydrogen-bond donors (Lipinski definition) is 3. The van der Waals surface area contributed by atoms with Gasteiger partial charge in [-0.25, -0.2) is 17.6 Å². The highest BCUT2D eigenvalue weighted by Crippen LogP contribution is 2.44. The Kier molecular flexibility index (Phi) is 7.19. The van der Waals surface area contributed by atoms with Crippen LogP contribution >= 0.6 is 0 Å². The Balaban J connectivity index is 1.50. The molecule has 0 spiro atoms. The summed E-state index contributed by atoms with van der Waals surface area (Å²) in [5, 5.41) is 19.1. The maximum absolute atomic E-state index is 15.6. The largest absolute Gasteiger partial charge is 0.488 e.